The highest BCUT2D eigenvalue weighted by Crippen LogP contribution is 2.26. The Morgan fingerprint density at radius 3 is 2.54 bits per heavy atom. The number of sulfonamides is 1. The van der Waals surface area contributed by atoms with E-state index < -0.39 is 10.0 Å². The number of anilines is 1. The normalized spacial score (nSPS) is 11.3. The molecule has 0 aliphatic carbocycles. The Labute approximate surface area is 143 Å². The van der Waals surface area contributed by atoms with E-state index in [-0.39, 0.29) is 11.9 Å². The molecule has 2 aromatic rings. The predicted molar refractivity (Wildman–Crippen MR) is 96.3 cm³/mol. The molecule has 0 heterocycles. The van der Waals surface area contributed by atoms with Crippen LogP contribution < -0.4 is 14.2 Å². The molecule has 2 rings (SSSR count). The van der Waals surface area contributed by atoms with Gasteiger partial charge in [0.05, 0.1) is 24.7 Å². The van der Waals surface area contributed by atoms with E-state index in [0.29, 0.717) is 23.6 Å². The molecule has 130 valence electrons. The van der Waals surface area contributed by atoms with Crippen LogP contribution in [-0.2, 0) is 16.4 Å². The number of hydrogen-bond donors (Lipinski definition) is 1. The van der Waals surface area contributed by atoms with Crippen molar-refractivity contribution in [1.82, 2.24) is 0 Å². The van der Waals surface area contributed by atoms with Crippen molar-refractivity contribution in [3.63, 3.8) is 0 Å². The van der Waals surface area contributed by atoms with Crippen LogP contribution in [0.3, 0.4) is 0 Å². The minimum atomic E-state index is -3.48. The fourth-order valence-corrected chi connectivity index (χ4v) is 3.32. The SMILES string of the molecule is COc1cccc(CCS(=O)(=O)Nc2ccccc2OC(C)C)c1. The number of nitrogens with one attached hydrogen (secondary N) is 1. The van der Waals surface area contributed by atoms with Crippen LogP contribution in [0.4, 0.5) is 5.69 Å². The molecule has 0 aliphatic rings. The summed E-state index contributed by atoms with van der Waals surface area (Å²) < 4.78 is 38.1. The molecule has 0 atom stereocenters. The first kappa shape index (κ1) is 18.1. The molecule has 0 amide bonds. The summed E-state index contributed by atoms with van der Waals surface area (Å²) in [6.07, 6.45) is 0.368. The zero-order valence-electron chi connectivity index (χ0n) is 14.2. The van der Waals surface area contributed by atoms with Crippen molar-refractivity contribution in [2.24, 2.45) is 0 Å². The zero-order chi connectivity index (χ0) is 17.6. The summed E-state index contributed by atoms with van der Waals surface area (Å²) in [7, 11) is -1.90. The van der Waals surface area contributed by atoms with Crippen LogP contribution in [0.2, 0.25) is 0 Å². The molecule has 0 bridgehead atoms. The lowest BCUT2D eigenvalue weighted by Crippen LogP contribution is -2.19. The van der Waals surface area contributed by atoms with Gasteiger partial charge < -0.3 is 9.47 Å². The van der Waals surface area contributed by atoms with Crippen LogP contribution in [0.15, 0.2) is 48.5 Å². The smallest absolute Gasteiger partial charge is 0.233 e. The molecule has 0 aromatic heterocycles. The van der Waals surface area contributed by atoms with Gasteiger partial charge in [-0.1, -0.05) is 24.3 Å². The average Bonchev–Trinajstić information content (AvgIpc) is 2.54. The average molecular weight is 349 g/mol. The lowest BCUT2D eigenvalue weighted by Gasteiger charge is -2.15. The second kappa shape index (κ2) is 8.06. The highest BCUT2D eigenvalue weighted by Gasteiger charge is 2.14. The Balaban J connectivity index is 2.06. The van der Waals surface area contributed by atoms with Crippen LogP contribution in [0.5, 0.6) is 11.5 Å². The summed E-state index contributed by atoms with van der Waals surface area (Å²) in [5, 5.41) is 0. The van der Waals surface area contributed by atoms with Gasteiger partial charge in [0.2, 0.25) is 10.0 Å². The summed E-state index contributed by atoms with van der Waals surface area (Å²) in [4.78, 5) is 0. The third-order valence-corrected chi connectivity index (χ3v) is 4.58. The van der Waals surface area contributed by atoms with Gasteiger partial charge in [0.15, 0.2) is 0 Å². The van der Waals surface area contributed by atoms with Gasteiger partial charge in [-0.25, -0.2) is 8.42 Å². The second-order valence-electron chi connectivity index (χ2n) is 5.69. The van der Waals surface area contributed by atoms with E-state index in [1.165, 1.54) is 0 Å². The summed E-state index contributed by atoms with van der Waals surface area (Å²) in [6.45, 7) is 3.79. The molecular formula is C18H23NO4S. The third kappa shape index (κ3) is 5.45. The quantitative estimate of drug-likeness (QED) is 0.792. The van der Waals surface area contributed by atoms with Crippen molar-refractivity contribution < 1.29 is 17.9 Å². The molecule has 0 saturated heterocycles. The minimum absolute atomic E-state index is 0.0177. The molecule has 0 aliphatic heterocycles. The zero-order valence-corrected chi connectivity index (χ0v) is 15.0. The molecule has 2 aromatic carbocycles. The number of rotatable bonds is 8. The van der Waals surface area contributed by atoms with E-state index in [2.05, 4.69) is 4.72 Å². The minimum Gasteiger partial charge on any atom is -0.497 e. The van der Waals surface area contributed by atoms with Gasteiger partial charge in [0.1, 0.15) is 11.5 Å². The Morgan fingerprint density at radius 2 is 1.83 bits per heavy atom. The van der Waals surface area contributed by atoms with Crippen molar-refractivity contribution in [2.75, 3.05) is 17.6 Å². The van der Waals surface area contributed by atoms with E-state index in [9.17, 15) is 8.42 Å². The largest absolute Gasteiger partial charge is 0.497 e. The maximum Gasteiger partial charge on any atom is 0.233 e. The number of benzene rings is 2. The fraction of sp³-hybridized carbons (Fsp3) is 0.333. The monoisotopic (exact) mass is 349 g/mol. The lowest BCUT2D eigenvalue weighted by molar-refractivity contribution is 0.244. The van der Waals surface area contributed by atoms with Gasteiger partial charge in [0.25, 0.3) is 0 Å². The van der Waals surface area contributed by atoms with E-state index >= 15 is 0 Å². The van der Waals surface area contributed by atoms with Gasteiger partial charge in [-0.15, -0.1) is 0 Å². The van der Waals surface area contributed by atoms with Crippen LogP contribution in [0.1, 0.15) is 19.4 Å². The molecule has 0 saturated carbocycles. The highest BCUT2D eigenvalue weighted by molar-refractivity contribution is 7.92. The van der Waals surface area contributed by atoms with Gasteiger partial charge in [-0.3, -0.25) is 4.72 Å². The number of methoxy groups -OCH3 is 1. The van der Waals surface area contributed by atoms with Gasteiger partial charge in [-0.05, 0) is 50.1 Å². The molecule has 0 fully saturated rings. The van der Waals surface area contributed by atoms with Crippen LogP contribution >= 0.6 is 0 Å². The Kier molecular flexibility index (Phi) is 6.09. The first-order chi connectivity index (χ1) is 11.4. The molecule has 5 nitrogen and oxygen atoms in total. The van der Waals surface area contributed by atoms with Crippen LogP contribution in [0.25, 0.3) is 0 Å². The highest BCUT2D eigenvalue weighted by atomic mass is 32.2. The first-order valence-corrected chi connectivity index (χ1v) is 9.44. The number of hydrogen-bond acceptors (Lipinski definition) is 4. The van der Waals surface area contributed by atoms with Crippen molar-refractivity contribution in [3.8, 4) is 11.5 Å². The lowest BCUT2D eigenvalue weighted by atomic mass is 10.2. The summed E-state index contributed by atoms with van der Waals surface area (Å²) >= 11 is 0. The molecule has 24 heavy (non-hydrogen) atoms. The van der Waals surface area contributed by atoms with Crippen molar-refractivity contribution in [3.05, 3.63) is 54.1 Å². The number of para-hydroxylation sites is 2. The molecule has 0 spiro atoms. The Morgan fingerprint density at radius 1 is 1.08 bits per heavy atom. The molecule has 6 heteroatoms. The number of ether oxygens (including phenoxy) is 2. The van der Waals surface area contributed by atoms with Crippen molar-refractivity contribution in [2.45, 2.75) is 26.4 Å². The van der Waals surface area contributed by atoms with Gasteiger partial charge in [0, 0.05) is 0 Å². The van der Waals surface area contributed by atoms with Crippen molar-refractivity contribution >= 4 is 15.7 Å². The maximum atomic E-state index is 12.4. The van der Waals surface area contributed by atoms with Gasteiger partial charge >= 0.3 is 0 Å². The third-order valence-electron chi connectivity index (χ3n) is 3.31. The van der Waals surface area contributed by atoms with E-state index in [1.54, 1.807) is 25.3 Å². The Hall–Kier alpha value is -2.21. The topological polar surface area (TPSA) is 64.6 Å². The van der Waals surface area contributed by atoms with Crippen LogP contribution in [0, 0.1) is 0 Å². The van der Waals surface area contributed by atoms with E-state index in [4.69, 9.17) is 9.47 Å². The Bertz CT molecular complexity index is 772. The van der Waals surface area contributed by atoms with Crippen LogP contribution in [-0.4, -0.2) is 27.4 Å². The summed E-state index contributed by atoms with van der Waals surface area (Å²) in [5.74, 6) is 1.22. The first-order valence-electron chi connectivity index (χ1n) is 7.79. The second-order valence-corrected chi connectivity index (χ2v) is 7.53. The fourth-order valence-electron chi connectivity index (χ4n) is 2.21. The molecule has 0 unspecified atom stereocenters. The van der Waals surface area contributed by atoms with Gasteiger partial charge in [-0.2, -0.15) is 0 Å². The molecular weight excluding hydrogens is 326 g/mol. The molecule has 1 N–H and O–H groups in total. The maximum absolute atomic E-state index is 12.4. The predicted octanol–water partition coefficient (Wildman–Crippen LogP) is 3.47. The summed E-state index contributed by atoms with van der Waals surface area (Å²) in [6, 6.07) is 14.4. The summed E-state index contributed by atoms with van der Waals surface area (Å²) in [5.41, 5.74) is 1.36. The number of aryl methyl sites for hydroxylation is 1. The van der Waals surface area contributed by atoms with E-state index in [1.807, 2.05) is 44.2 Å². The van der Waals surface area contributed by atoms with E-state index in [0.717, 1.165) is 5.56 Å². The standard InChI is InChI=1S/C18H23NO4S/c1-14(2)23-18-10-5-4-9-17(18)19-24(20,21)12-11-15-7-6-8-16(13-15)22-3/h4-10,13-14,19H,11-12H2,1-3H3. The molecule has 0 radical (unpaired) electrons. The van der Waals surface area contributed by atoms with Crippen molar-refractivity contribution in [1.29, 1.82) is 0 Å².